The first-order valence-electron chi connectivity index (χ1n) is 6.51. The zero-order chi connectivity index (χ0) is 14.0. The zero-order valence-electron chi connectivity index (χ0n) is 11.7. The number of nitrogen functional groups attached to an aromatic ring is 1. The fourth-order valence-electron chi connectivity index (χ4n) is 2.20. The molecular weight excluding hydrogens is 258 g/mol. The summed E-state index contributed by atoms with van der Waals surface area (Å²) in [6.45, 7) is 3.70. The van der Waals surface area contributed by atoms with Gasteiger partial charge in [-0.2, -0.15) is 0 Å². The summed E-state index contributed by atoms with van der Waals surface area (Å²) < 4.78 is 0. The number of nitrogens with two attached hydrogens (primary N) is 1. The lowest BCUT2D eigenvalue weighted by Gasteiger charge is -2.32. The second kappa shape index (κ2) is 5.84. The third-order valence-electron chi connectivity index (χ3n) is 3.18. The minimum absolute atomic E-state index is 0.0337. The highest BCUT2D eigenvalue weighted by molar-refractivity contribution is 8.01. The molecule has 1 amide bonds. The van der Waals surface area contributed by atoms with E-state index in [1.54, 1.807) is 11.8 Å². The van der Waals surface area contributed by atoms with Crippen LogP contribution in [0.1, 0.15) is 13.3 Å². The largest absolute Gasteiger partial charge is 0.399 e. The van der Waals surface area contributed by atoms with Crippen LogP contribution >= 0.6 is 11.8 Å². The van der Waals surface area contributed by atoms with Gasteiger partial charge in [-0.25, -0.2) is 0 Å². The van der Waals surface area contributed by atoms with E-state index in [-0.39, 0.29) is 11.2 Å². The number of hydrogen-bond acceptors (Lipinski definition) is 4. The molecule has 0 spiro atoms. The third kappa shape index (κ3) is 3.22. The maximum Gasteiger partial charge on any atom is 0.240 e. The van der Waals surface area contributed by atoms with Crippen LogP contribution in [0.4, 0.5) is 11.4 Å². The van der Waals surface area contributed by atoms with Crippen LogP contribution < -0.4 is 10.6 Å². The van der Waals surface area contributed by atoms with Crippen molar-refractivity contribution in [2.75, 3.05) is 37.8 Å². The Morgan fingerprint density at radius 2 is 2.16 bits per heavy atom. The quantitative estimate of drug-likeness (QED) is 0.857. The van der Waals surface area contributed by atoms with Gasteiger partial charge in [0, 0.05) is 17.1 Å². The van der Waals surface area contributed by atoms with Crippen LogP contribution in [-0.2, 0) is 4.79 Å². The first kappa shape index (κ1) is 14.2. The van der Waals surface area contributed by atoms with E-state index in [0.29, 0.717) is 0 Å². The first-order chi connectivity index (χ1) is 8.99. The Morgan fingerprint density at radius 1 is 1.42 bits per heavy atom. The van der Waals surface area contributed by atoms with Crippen molar-refractivity contribution >= 4 is 29.0 Å². The molecule has 0 aromatic heterocycles. The second-order valence-electron chi connectivity index (χ2n) is 5.13. The maximum absolute atomic E-state index is 12.3. The molecule has 1 aliphatic rings. The third-order valence-corrected chi connectivity index (χ3v) is 4.32. The Labute approximate surface area is 118 Å². The van der Waals surface area contributed by atoms with Crippen LogP contribution in [0.15, 0.2) is 23.1 Å². The Balaban J connectivity index is 2.19. The van der Waals surface area contributed by atoms with Gasteiger partial charge in [-0.15, -0.1) is 11.8 Å². The molecule has 4 nitrogen and oxygen atoms in total. The molecule has 0 bridgehead atoms. The summed E-state index contributed by atoms with van der Waals surface area (Å²) in [4.78, 5) is 17.5. The molecule has 19 heavy (non-hydrogen) atoms. The van der Waals surface area contributed by atoms with E-state index in [0.717, 1.165) is 35.8 Å². The van der Waals surface area contributed by atoms with E-state index >= 15 is 0 Å². The first-order valence-corrected chi connectivity index (χ1v) is 7.39. The van der Waals surface area contributed by atoms with Gasteiger partial charge >= 0.3 is 0 Å². The van der Waals surface area contributed by atoms with Crippen LogP contribution in [0, 0.1) is 0 Å². The summed E-state index contributed by atoms with van der Waals surface area (Å²) in [5.41, 5.74) is 7.58. The monoisotopic (exact) mass is 279 g/mol. The summed E-state index contributed by atoms with van der Waals surface area (Å²) in [5.74, 6) is 0.195. The average molecular weight is 279 g/mol. The van der Waals surface area contributed by atoms with Crippen molar-refractivity contribution in [2.24, 2.45) is 0 Å². The van der Waals surface area contributed by atoms with E-state index in [2.05, 4.69) is 4.90 Å². The summed E-state index contributed by atoms with van der Waals surface area (Å²) >= 11 is 1.60. The minimum atomic E-state index is -0.0337. The Morgan fingerprint density at radius 3 is 2.84 bits per heavy atom. The number of anilines is 2. The molecule has 1 aromatic carbocycles. The molecule has 1 atom stereocenters. The summed E-state index contributed by atoms with van der Waals surface area (Å²) in [6, 6.07) is 5.78. The maximum atomic E-state index is 12.3. The zero-order valence-corrected chi connectivity index (χ0v) is 12.5. The molecule has 0 saturated carbocycles. The van der Waals surface area contributed by atoms with Gasteiger partial charge in [0.05, 0.1) is 10.9 Å². The fraction of sp³-hybridized carbons (Fsp3) is 0.500. The van der Waals surface area contributed by atoms with E-state index in [1.807, 2.05) is 44.1 Å². The van der Waals surface area contributed by atoms with Gasteiger partial charge in [0.1, 0.15) is 0 Å². The van der Waals surface area contributed by atoms with Crippen LogP contribution in [0.5, 0.6) is 0 Å². The van der Waals surface area contributed by atoms with Crippen LogP contribution in [-0.4, -0.2) is 43.2 Å². The number of hydrogen-bond donors (Lipinski definition) is 1. The van der Waals surface area contributed by atoms with Crippen molar-refractivity contribution in [1.29, 1.82) is 0 Å². The lowest BCUT2D eigenvalue weighted by molar-refractivity contribution is -0.118. The van der Waals surface area contributed by atoms with Crippen LogP contribution in [0.25, 0.3) is 0 Å². The number of carbonyl (C=O) groups excluding carboxylic acids is 1. The molecule has 1 unspecified atom stereocenters. The smallest absolute Gasteiger partial charge is 0.240 e. The van der Waals surface area contributed by atoms with Crippen molar-refractivity contribution in [1.82, 2.24) is 4.90 Å². The second-order valence-corrected chi connectivity index (χ2v) is 6.52. The predicted molar refractivity (Wildman–Crippen MR) is 81.7 cm³/mol. The molecule has 1 aromatic rings. The van der Waals surface area contributed by atoms with Gasteiger partial charge in [0.2, 0.25) is 5.91 Å². The van der Waals surface area contributed by atoms with Gasteiger partial charge in [-0.05, 0) is 52.2 Å². The fourth-order valence-corrected chi connectivity index (χ4v) is 3.31. The number of nitrogens with zero attached hydrogens (tertiary/aromatic N) is 2. The van der Waals surface area contributed by atoms with E-state index in [9.17, 15) is 4.79 Å². The number of benzene rings is 1. The van der Waals surface area contributed by atoms with Crippen molar-refractivity contribution in [2.45, 2.75) is 23.5 Å². The Bertz CT molecular complexity index is 476. The average Bonchev–Trinajstić information content (AvgIpc) is 2.33. The Kier molecular flexibility index (Phi) is 4.37. The van der Waals surface area contributed by atoms with Crippen LogP contribution in [0.3, 0.4) is 0 Å². The van der Waals surface area contributed by atoms with Gasteiger partial charge in [-0.1, -0.05) is 0 Å². The molecule has 1 heterocycles. The number of thioether (sulfide) groups is 1. The van der Waals surface area contributed by atoms with Gasteiger partial charge < -0.3 is 15.5 Å². The highest BCUT2D eigenvalue weighted by Gasteiger charge is 2.30. The highest BCUT2D eigenvalue weighted by Crippen LogP contribution is 2.40. The summed E-state index contributed by atoms with van der Waals surface area (Å²) in [5, 5.41) is -0.0337. The Hall–Kier alpha value is -1.20. The molecule has 0 aliphatic carbocycles. The molecule has 104 valence electrons. The molecule has 1 aliphatic heterocycles. The number of rotatable bonds is 4. The number of carbonyl (C=O) groups is 1. The molecule has 2 rings (SSSR count). The molecule has 0 saturated heterocycles. The van der Waals surface area contributed by atoms with Crippen molar-refractivity contribution < 1.29 is 4.79 Å². The van der Waals surface area contributed by atoms with Gasteiger partial charge in [0.15, 0.2) is 0 Å². The highest BCUT2D eigenvalue weighted by atomic mass is 32.2. The van der Waals surface area contributed by atoms with Gasteiger partial charge in [-0.3, -0.25) is 4.79 Å². The molecule has 5 heteroatoms. The lowest BCUT2D eigenvalue weighted by atomic mass is 10.2. The summed E-state index contributed by atoms with van der Waals surface area (Å²) in [6.07, 6.45) is 0.972. The number of fused-ring (bicyclic) bond motifs is 1. The van der Waals surface area contributed by atoms with Crippen LogP contribution in [0.2, 0.25) is 0 Å². The van der Waals surface area contributed by atoms with Crippen molar-refractivity contribution in [3.8, 4) is 0 Å². The molecule has 0 radical (unpaired) electrons. The van der Waals surface area contributed by atoms with E-state index in [1.165, 1.54) is 0 Å². The van der Waals surface area contributed by atoms with Crippen molar-refractivity contribution in [3.05, 3.63) is 18.2 Å². The minimum Gasteiger partial charge on any atom is -0.399 e. The van der Waals surface area contributed by atoms with E-state index in [4.69, 9.17) is 5.73 Å². The molecule has 0 fully saturated rings. The summed E-state index contributed by atoms with van der Waals surface area (Å²) in [7, 11) is 4.09. The molecular formula is C14H21N3OS. The van der Waals surface area contributed by atoms with Crippen molar-refractivity contribution in [3.63, 3.8) is 0 Å². The van der Waals surface area contributed by atoms with Gasteiger partial charge in [0.25, 0.3) is 0 Å². The topological polar surface area (TPSA) is 49.6 Å². The molecule has 2 N–H and O–H groups in total. The van der Waals surface area contributed by atoms with E-state index < -0.39 is 0 Å². The predicted octanol–water partition coefficient (Wildman–Crippen LogP) is 2.05. The normalized spacial score (nSPS) is 18.8. The standard InChI is InChI=1S/C14H21N3OS/c1-10-14(18)17(8-4-7-16(2)3)12-6-5-11(15)9-13(12)19-10/h5-6,9-10H,4,7-8,15H2,1-3H3. The lowest BCUT2D eigenvalue weighted by Crippen LogP contribution is -2.41. The SMILES string of the molecule is CC1Sc2cc(N)ccc2N(CCCN(C)C)C1=O. The number of amides is 1.